The molecule has 0 aliphatic carbocycles. The summed E-state index contributed by atoms with van der Waals surface area (Å²) in [6.45, 7) is 1.84. The van der Waals surface area contributed by atoms with E-state index in [2.05, 4.69) is 15.1 Å². The third-order valence-electron chi connectivity index (χ3n) is 3.51. The molecule has 0 radical (unpaired) electrons. The maximum absolute atomic E-state index is 13.5. The third kappa shape index (κ3) is 3.89. The predicted molar refractivity (Wildman–Crippen MR) is 98.3 cm³/mol. The van der Waals surface area contributed by atoms with E-state index in [1.165, 1.54) is 41.4 Å². The Bertz CT molecular complexity index is 1060. The van der Waals surface area contributed by atoms with E-state index in [1.54, 1.807) is 30.5 Å². The van der Waals surface area contributed by atoms with Gasteiger partial charge >= 0.3 is 0 Å². The summed E-state index contributed by atoms with van der Waals surface area (Å²) in [6, 6.07) is 10.8. The molecule has 0 saturated heterocycles. The minimum atomic E-state index is -0.396. The van der Waals surface area contributed by atoms with E-state index >= 15 is 0 Å². The molecule has 0 aliphatic heterocycles. The number of aliphatic imine (C=N–C) groups is 1. The van der Waals surface area contributed by atoms with Crippen LogP contribution in [0.4, 0.5) is 10.1 Å². The molecule has 0 unspecified atom stereocenters. The zero-order valence-electron chi connectivity index (χ0n) is 14.0. The normalized spacial score (nSPS) is 11.8. The van der Waals surface area contributed by atoms with Crippen molar-refractivity contribution in [2.24, 2.45) is 10.7 Å². The first-order chi connectivity index (χ1) is 12.6. The van der Waals surface area contributed by atoms with Gasteiger partial charge in [-0.05, 0) is 49.5 Å². The molecule has 0 atom stereocenters. The molecule has 0 aliphatic rings. The van der Waals surface area contributed by atoms with Crippen molar-refractivity contribution in [2.45, 2.75) is 6.92 Å². The maximum Gasteiger partial charge on any atom is 0.209 e. The van der Waals surface area contributed by atoms with Gasteiger partial charge in [-0.1, -0.05) is 6.07 Å². The Morgan fingerprint density at radius 3 is 2.85 bits per heavy atom. The highest BCUT2D eigenvalue weighted by Gasteiger charge is 2.10. The fraction of sp³-hybridized carbons (Fsp3) is 0.0526. The number of hydrogen-bond donors (Lipinski definition) is 1. The van der Waals surface area contributed by atoms with Gasteiger partial charge in [-0.15, -0.1) is 0 Å². The molecule has 26 heavy (non-hydrogen) atoms. The standard InChI is InChI=1S/C19H16FN5O/c1-13-11-15(6-9-22-13)23-17(5-8-21)19-18(26)7-10-25(24-19)16-4-2-3-14(20)12-16/h2-12H,21H2,1H3. The number of pyridine rings is 1. The number of allylic oxidation sites excluding steroid dienone is 1. The van der Waals surface area contributed by atoms with Crippen molar-refractivity contribution >= 4 is 11.4 Å². The Morgan fingerprint density at radius 1 is 1.27 bits per heavy atom. The summed E-state index contributed by atoms with van der Waals surface area (Å²) in [5.41, 5.74) is 7.49. The monoisotopic (exact) mass is 349 g/mol. The minimum Gasteiger partial charge on any atom is -0.405 e. The van der Waals surface area contributed by atoms with Crippen LogP contribution in [0.25, 0.3) is 5.69 Å². The molecule has 2 heterocycles. The lowest BCUT2D eigenvalue weighted by Crippen LogP contribution is -2.20. The van der Waals surface area contributed by atoms with Gasteiger partial charge in [-0.2, -0.15) is 5.10 Å². The second-order valence-corrected chi connectivity index (χ2v) is 5.46. The van der Waals surface area contributed by atoms with Gasteiger partial charge in [-0.25, -0.2) is 14.1 Å². The number of benzene rings is 1. The zero-order chi connectivity index (χ0) is 18.5. The van der Waals surface area contributed by atoms with Crippen molar-refractivity contribution in [2.75, 3.05) is 0 Å². The average Bonchev–Trinajstić information content (AvgIpc) is 2.62. The molecule has 0 saturated carbocycles. The van der Waals surface area contributed by atoms with E-state index in [9.17, 15) is 9.18 Å². The summed E-state index contributed by atoms with van der Waals surface area (Å²) in [7, 11) is 0. The summed E-state index contributed by atoms with van der Waals surface area (Å²) >= 11 is 0. The molecule has 0 spiro atoms. The van der Waals surface area contributed by atoms with E-state index in [4.69, 9.17) is 5.73 Å². The highest BCUT2D eigenvalue weighted by Crippen LogP contribution is 2.14. The first-order valence-corrected chi connectivity index (χ1v) is 7.83. The summed E-state index contributed by atoms with van der Waals surface area (Å²) in [5, 5.41) is 4.31. The van der Waals surface area contributed by atoms with Crippen LogP contribution < -0.4 is 11.2 Å². The maximum atomic E-state index is 13.5. The van der Waals surface area contributed by atoms with Gasteiger partial charge in [0, 0.05) is 24.2 Å². The van der Waals surface area contributed by atoms with Crippen LogP contribution in [0.5, 0.6) is 0 Å². The van der Waals surface area contributed by atoms with Crippen LogP contribution in [0.2, 0.25) is 0 Å². The molecule has 130 valence electrons. The minimum absolute atomic E-state index is 0.105. The van der Waals surface area contributed by atoms with Crippen molar-refractivity contribution in [1.82, 2.24) is 14.8 Å². The highest BCUT2D eigenvalue weighted by molar-refractivity contribution is 6.08. The Kier molecular flexibility index (Phi) is 4.98. The molecule has 3 aromatic rings. The molecule has 6 nitrogen and oxygen atoms in total. The Labute approximate surface area is 149 Å². The van der Waals surface area contributed by atoms with E-state index in [0.29, 0.717) is 17.1 Å². The van der Waals surface area contributed by atoms with Crippen molar-refractivity contribution < 1.29 is 4.39 Å². The van der Waals surface area contributed by atoms with E-state index in [0.717, 1.165) is 5.69 Å². The SMILES string of the molecule is Cc1cc(N=C(C=CN)c2nn(-c3cccc(F)c3)ccc2=O)ccn1. The number of nitrogens with zero attached hydrogens (tertiary/aromatic N) is 4. The molecular formula is C19H16FN5O. The highest BCUT2D eigenvalue weighted by atomic mass is 19.1. The van der Waals surface area contributed by atoms with E-state index in [1.807, 2.05) is 6.92 Å². The van der Waals surface area contributed by atoms with Crippen LogP contribution in [0.1, 0.15) is 11.4 Å². The molecule has 1 aromatic carbocycles. The number of hydrogen-bond acceptors (Lipinski definition) is 5. The van der Waals surface area contributed by atoms with Gasteiger partial charge in [0.15, 0.2) is 5.69 Å². The van der Waals surface area contributed by atoms with Crippen LogP contribution in [-0.4, -0.2) is 20.5 Å². The van der Waals surface area contributed by atoms with Crippen LogP contribution in [-0.2, 0) is 0 Å². The number of nitrogens with two attached hydrogens (primary N) is 1. The molecule has 0 bridgehead atoms. The van der Waals surface area contributed by atoms with Crippen molar-refractivity contribution in [1.29, 1.82) is 0 Å². The van der Waals surface area contributed by atoms with Gasteiger partial charge in [0.1, 0.15) is 5.82 Å². The van der Waals surface area contributed by atoms with Crippen LogP contribution in [0.15, 0.2) is 76.9 Å². The molecule has 0 amide bonds. The summed E-state index contributed by atoms with van der Waals surface area (Å²) in [6.07, 6.45) is 5.88. The number of halogens is 1. The van der Waals surface area contributed by atoms with Crippen LogP contribution in [0.3, 0.4) is 0 Å². The predicted octanol–water partition coefficient (Wildman–Crippen LogP) is 2.67. The smallest absolute Gasteiger partial charge is 0.209 e. The lowest BCUT2D eigenvalue weighted by atomic mass is 10.2. The second kappa shape index (κ2) is 7.52. The van der Waals surface area contributed by atoms with Crippen molar-refractivity contribution in [3.63, 3.8) is 0 Å². The quantitative estimate of drug-likeness (QED) is 0.734. The summed E-state index contributed by atoms with van der Waals surface area (Å²) in [4.78, 5) is 20.9. The largest absolute Gasteiger partial charge is 0.405 e. The Balaban J connectivity index is 2.13. The molecule has 3 rings (SSSR count). The molecular weight excluding hydrogens is 333 g/mol. The van der Waals surface area contributed by atoms with Gasteiger partial charge in [0.05, 0.1) is 17.1 Å². The van der Waals surface area contributed by atoms with Crippen molar-refractivity contribution in [3.05, 3.63) is 94.6 Å². The molecule has 2 aromatic heterocycles. The Morgan fingerprint density at radius 2 is 2.12 bits per heavy atom. The lowest BCUT2D eigenvalue weighted by Gasteiger charge is -2.08. The molecule has 2 N–H and O–H groups in total. The van der Waals surface area contributed by atoms with Gasteiger partial charge in [-0.3, -0.25) is 9.78 Å². The average molecular weight is 349 g/mol. The topological polar surface area (TPSA) is 86.2 Å². The summed E-state index contributed by atoms with van der Waals surface area (Å²) < 4.78 is 14.9. The third-order valence-corrected chi connectivity index (χ3v) is 3.51. The molecule has 0 fully saturated rings. The fourth-order valence-electron chi connectivity index (χ4n) is 2.35. The summed E-state index contributed by atoms with van der Waals surface area (Å²) in [5.74, 6) is -0.396. The van der Waals surface area contributed by atoms with Crippen LogP contribution in [0, 0.1) is 12.7 Å². The van der Waals surface area contributed by atoms with Gasteiger partial charge < -0.3 is 5.73 Å². The second-order valence-electron chi connectivity index (χ2n) is 5.46. The van der Waals surface area contributed by atoms with Crippen LogP contribution >= 0.6 is 0 Å². The number of aromatic nitrogens is 3. The first kappa shape index (κ1) is 17.2. The van der Waals surface area contributed by atoms with E-state index in [-0.39, 0.29) is 11.1 Å². The number of aryl methyl sites for hydroxylation is 1. The van der Waals surface area contributed by atoms with Gasteiger partial charge in [0.25, 0.3) is 0 Å². The zero-order valence-corrected chi connectivity index (χ0v) is 14.0. The fourth-order valence-corrected chi connectivity index (χ4v) is 2.35. The first-order valence-electron chi connectivity index (χ1n) is 7.83. The molecule has 7 heteroatoms. The lowest BCUT2D eigenvalue weighted by molar-refractivity contribution is 0.625. The van der Waals surface area contributed by atoms with Gasteiger partial charge in [0.2, 0.25) is 5.43 Å². The van der Waals surface area contributed by atoms with Crippen molar-refractivity contribution in [3.8, 4) is 5.69 Å². The Hall–Kier alpha value is -3.61. The number of rotatable bonds is 4. The van der Waals surface area contributed by atoms with E-state index < -0.39 is 5.82 Å².